The third kappa shape index (κ3) is 4.49. The molecule has 0 bridgehead atoms. The fraction of sp³-hybridized carbons (Fsp3) is 0.706. The first-order valence-corrected chi connectivity index (χ1v) is 8.24. The number of aromatic nitrogens is 2. The summed E-state index contributed by atoms with van der Waals surface area (Å²) in [4.78, 5) is 30.7. The number of nitrogens with zero attached hydrogens (tertiary/aromatic N) is 3. The number of amides is 1. The minimum atomic E-state index is -0.598. The summed E-state index contributed by atoms with van der Waals surface area (Å²) < 4.78 is 12.2. The molecule has 0 N–H and O–H groups in total. The van der Waals surface area contributed by atoms with E-state index < -0.39 is 17.3 Å². The van der Waals surface area contributed by atoms with Gasteiger partial charge in [0.1, 0.15) is 17.0 Å². The normalized spacial score (nSPS) is 18.6. The zero-order valence-corrected chi connectivity index (χ0v) is 15.3. The van der Waals surface area contributed by atoms with E-state index in [-0.39, 0.29) is 12.1 Å². The van der Waals surface area contributed by atoms with Crippen molar-refractivity contribution in [3.05, 3.63) is 18.2 Å². The van der Waals surface area contributed by atoms with E-state index in [1.165, 1.54) is 4.57 Å². The Morgan fingerprint density at radius 1 is 1.08 bits per heavy atom. The highest BCUT2D eigenvalue weighted by atomic mass is 16.6. The lowest BCUT2D eigenvalue weighted by atomic mass is 10.2. The zero-order chi connectivity index (χ0) is 18.1. The quantitative estimate of drug-likeness (QED) is 0.780. The van der Waals surface area contributed by atoms with Gasteiger partial charge in [0.05, 0.1) is 6.04 Å². The molecule has 1 unspecified atom stereocenters. The van der Waals surface area contributed by atoms with Gasteiger partial charge in [-0.25, -0.2) is 19.1 Å². The van der Waals surface area contributed by atoms with Gasteiger partial charge in [0.15, 0.2) is 0 Å². The van der Waals surface area contributed by atoms with Crippen LogP contribution in [0.5, 0.6) is 0 Å². The van der Waals surface area contributed by atoms with Crippen molar-refractivity contribution in [2.75, 3.05) is 6.54 Å². The Labute approximate surface area is 142 Å². The minimum Gasteiger partial charge on any atom is -0.444 e. The Balaban J connectivity index is 2.21. The average molecular weight is 337 g/mol. The number of imidazole rings is 1. The minimum absolute atomic E-state index is 0.289. The highest BCUT2D eigenvalue weighted by Crippen LogP contribution is 2.32. The molecule has 1 atom stereocenters. The van der Waals surface area contributed by atoms with Gasteiger partial charge in [-0.3, -0.25) is 4.90 Å². The third-order valence-corrected chi connectivity index (χ3v) is 3.44. The summed E-state index contributed by atoms with van der Waals surface area (Å²) >= 11 is 0. The van der Waals surface area contributed by atoms with Crippen molar-refractivity contribution in [3.63, 3.8) is 0 Å². The lowest BCUT2D eigenvalue weighted by Crippen LogP contribution is -2.38. The third-order valence-electron chi connectivity index (χ3n) is 3.44. The van der Waals surface area contributed by atoms with Crippen LogP contribution < -0.4 is 0 Å². The van der Waals surface area contributed by atoms with Crippen LogP contribution in [-0.4, -0.2) is 44.4 Å². The molecule has 1 aliphatic heterocycles. The van der Waals surface area contributed by atoms with Crippen molar-refractivity contribution in [2.45, 2.75) is 71.6 Å². The average Bonchev–Trinajstić information content (AvgIpc) is 3.03. The summed E-state index contributed by atoms with van der Waals surface area (Å²) in [6.07, 6.45) is 3.80. The van der Waals surface area contributed by atoms with Gasteiger partial charge in [-0.2, -0.15) is 0 Å². The summed E-state index contributed by atoms with van der Waals surface area (Å²) in [5.41, 5.74) is -1.16. The second kappa shape index (κ2) is 6.45. The molecule has 2 rings (SSSR count). The number of ether oxygens (including phenoxy) is 2. The van der Waals surface area contributed by atoms with Crippen LogP contribution in [-0.2, 0) is 9.47 Å². The van der Waals surface area contributed by atoms with Crippen molar-refractivity contribution in [3.8, 4) is 0 Å². The molecule has 1 aromatic rings. The fourth-order valence-electron chi connectivity index (χ4n) is 2.60. The first-order valence-electron chi connectivity index (χ1n) is 8.24. The predicted molar refractivity (Wildman–Crippen MR) is 88.8 cm³/mol. The first-order chi connectivity index (χ1) is 11.0. The SMILES string of the molecule is CC(C)(C)OC(=O)N1CCCC1c1nccn1C(=O)OC(C)(C)C. The van der Waals surface area contributed by atoms with Crippen LogP contribution in [0.15, 0.2) is 12.4 Å². The molecule has 1 aliphatic rings. The lowest BCUT2D eigenvalue weighted by molar-refractivity contribution is 0.0207. The smallest absolute Gasteiger partial charge is 0.420 e. The molecule has 1 aromatic heterocycles. The molecular formula is C17H27N3O4. The predicted octanol–water partition coefficient (Wildman–Crippen LogP) is 3.74. The molecule has 24 heavy (non-hydrogen) atoms. The molecule has 1 saturated heterocycles. The molecule has 0 spiro atoms. The van der Waals surface area contributed by atoms with Crippen LogP contribution >= 0.6 is 0 Å². The highest BCUT2D eigenvalue weighted by molar-refractivity contribution is 5.72. The number of rotatable bonds is 1. The van der Waals surface area contributed by atoms with Gasteiger partial charge < -0.3 is 9.47 Å². The van der Waals surface area contributed by atoms with E-state index in [1.807, 2.05) is 41.5 Å². The van der Waals surface area contributed by atoms with Crippen molar-refractivity contribution >= 4 is 12.2 Å². The van der Waals surface area contributed by atoms with E-state index in [0.717, 1.165) is 12.8 Å². The number of carbonyl (C=O) groups excluding carboxylic acids is 2. The summed E-state index contributed by atoms with van der Waals surface area (Å²) in [7, 11) is 0. The lowest BCUT2D eigenvalue weighted by Gasteiger charge is -2.28. The first kappa shape index (κ1) is 18.3. The van der Waals surface area contributed by atoms with Crippen LogP contribution in [0.2, 0.25) is 0 Å². The maximum absolute atomic E-state index is 12.4. The number of hydrogen-bond acceptors (Lipinski definition) is 5. The van der Waals surface area contributed by atoms with Gasteiger partial charge in [0.2, 0.25) is 0 Å². The van der Waals surface area contributed by atoms with E-state index >= 15 is 0 Å². The summed E-state index contributed by atoms with van der Waals surface area (Å²) in [5.74, 6) is 0.507. The molecule has 7 heteroatoms. The maximum Gasteiger partial charge on any atom is 0.420 e. The van der Waals surface area contributed by atoms with E-state index in [0.29, 0.717) is 12.4 Å². The molecule has 0 radical (unpaired) electrons. The summed E-state index contributed by atoms with van der Waals surface area (Å²) in [5, 5.41) is 0. The van der Waals surface area contributed by atoms with Gasteiger partial charge in [0, 0.05) is 18.9 Å². The monoisotopic (exact) mass is 337 g/mol. The van der Waals surface area contributed by atoms with Gasteiger partial charge in [-0.1, -0.05) is 0 Å². The van der Waals surface area contributed by atoms with Crippen LogP contribution in [0.4, 0.5) is 9.59 Å². The van der Waals surface area contributed by atoms with Gasteiger partial charge >= 0.3 is 12.2 Å². The molecule has 0 aromatic carbocycles. The Kier molecular flexibility index (Phi) is 4.92. The Morgan fingerprint density at radius 3 is 2.25 bits per heavy atom. The number of hydrogen-bond donors (Lipinski definition) is 0. The van der Waals surface area contributed by atoms with Crippen molar-refractivity contribution in [1.82, 2.24) is 14.5 Å². The Bertz CT molecular complexity index is 610. The second-order valence-corrected chi connectivity index (χ2v) is 7.97. The summed E-state index contributed by atoms with van der Waals surface area (Å²) in [6, 6.07) is -0.289. The molecule has 1 fully saturated rings. The van der Waals surface area contributed by atoms with Crippen LogP contribution in [0, 0.1) is 0 Å². The molecule has 7 nitrogen and oxygen atoms in total. The Hall–Kier alpha value is -2.05. The van der Waals surface area contributed by atoms with Crippen molar-refractivity contribution in [1.29, 1.82) is 0 Å². The largest absolute Gasteiger partial charge is 0.444 e. The molecular weight excluding hydrogens is 310 g/mol. The van der Waals surface area contributed by atoms with Crippen molar-refractivity contribution in [2.24, 2.45) is 0 Å². The van der Waals surface area contributed by atoms with Gasteiger partial charge in [-0.05, 0) is 54.4 Å². The number of likely N-dealkylation sites (tertiary alicyclic amines) is 1. The molecule has 2 heterocycles. The topological polar surface area (TPSA) is 73.7 Å². The van der Waals surface area contributed by atoms with E-state index in [9.17, 15) is 9.59 Å². The molecule has 1 amide bonds. The standard InChI is InChI=1S/C17H27N3O4/c1-16(2,3)23-14(21)19-10-7-8-12(19)13-18-9-11-20(13)15(22)24-17(4,5)6/h9,11-12H,7-8,10H2,1-6H3. The number of carbonyl (C=O) groups is 2. The van der Waals surface area contributed by atoms with Crippen molar-refractivity contribution < 1.29 is 19.1 Å². The van der Waals surface area contributed by atoms with E-state index in [1.54, 1.807) is 17.3 Å². The Morgan fingerprint density at radius 2 is 1.67 bits per heavy atom. The highest BCUT2D eigenvalue weighted by Gasteiger charge is 2.36. The van der Waals surface area contributed by atoms with E-state index in [4.69, 9.17) is 9.47 Å². The fourth-order valence-corrected chi connectivity index (χ4v) is 2.60. The molecule has 0 saturated carbocycles. The van der Waals surface area contributed by atoms with Gasteiger partial charge in [-0.15, -0.1) is 0 Å². The zero-order valence-electron chi connectivity index (χ0n) is 15.3. The second-order valence-electron chi connectivity index (χ2n) is 7.97. The van der Waals surface area contributed by atoms with Crippen LogP contribution in [0.3, 0.4) is 0 Å². The molecule has 134 valence electrons. The molecule has 0 aliphatic carbocycles. The van der Waals surface area contributed by atoms with E-state index in [2.05, 4.69) is 4.98 Å². The van der Waals surface area contributed by atoms with Gasteiger partial charge in [0.25, 0.3) is 0 Å². The maximum atomic E-state index is 12.4. The summed E-state index contributed by atoms with van der Waals surface area (Å²) in [6.45, 7) is 11.5. The van der Waals surface area contributed by atoms with Crippen LogP contribution in [0.1, 0.15) is 66.3 Å². The van der Waals surface area contributed by atoms with Crippen LogP contribution in [0.25, 0.3) is 0 Å².